The molecule has 1 fully saturated rings. The van der Waals surface area contributed by atoms with Crippen LogP contribution in [0.25, 0.3) is 10.9 Å². The molecule has 0 radical (unpaired) electrons. The number of thioether (sulfide) groups is 2. The summed E-state index contributed by atoms with van der Waals surface area (Å²) in [7, 11) is 1.42. The largest absolute Gasteiger partial charge is 0.502 e. The first-order valence-electron chi connectivity index (χ1n) is 13.7. The quantitative estimate of drug-likeness (QED) is 0.250. The number of nitrogens with zero attached hydrogens (tertiary/aromatic N) is 4. The van der Waals surface area contributed by atoms with Gasteiger partial charge in [0.25, 0.3) is 0 Å². The standard InChI is InChI=1S/C29H25F5N6O3S2/c1-5-19(41)39-12(2)8-38(9-13(39)3)26-15-6-16(29(32,33)34)20(21-17(30)7-18(31)24-22(21)36-27(35)45-24)25-23(15)40(28(42)37-26)14(10-43-4)11-44-25/h5-7,12-13H,1,8-11H2,2-4H3,(H-,35,36,37,42)/p+1/t12-,13+. The fourth-order valence-electron chi connectivity index (χ4n) is 6.33. The summed E-state index contributed by atoms with van der Waals surface area (Å²) in [6.07, 6.45) is -3.82. The number of amidine groups is 1. The molecule has 1 amide bonds. The van der Waals surface area contributed by atoms with E-state index in [9.17, 15) is 14.0 Å². The Labute approximate surface area is 260 Å². The zero-order valence-corrected chi connectivity index (χ0v) is 25.8. The average Bonchev–Trinajstić information content (AvgIpc) is 3.36. The summed E-state index contributed by atoms with van der Waals surface area (Å²) in [6, 6.07) is 0.598. The van der Waals surface area contributed by atoms with Crippen LogP contribution < -0.4 is 20.2 Å². The number of aromatic nitrogens is 2. The number of carbonyl (C=O) groups is 1. The molecule has 1 aromatic heterocycles. The van der Waals surface area contributed by atoms with Crippen molar-refractivity contribution in [2.75, 3.05) is 37.5 Å². The monoisotopic (exact) mass is 665 g/mol. The molecule has 2 N–H and O–H groups in total. The van der Waals surface area contributed by atoms with Crippen LogP contribution in [0.1, 0.15) is 19.4 Å². The van der Waals surface area contributed by atoms with E-state index in [-0.39, 0.29) is 70.0 Å². The Morgan fingerprint density at radius 2 is 1.89 bits per heavy atom. The molecule has 0 unspecified atom stereocenters. The van der Waals surface area contributed by atoms with E-state index in [1.54, 1.807) is 23.6 Å². The topological polar surface area (TPSA) is 108 Å². The number of nitrogens with one attached hydrogen (secondary N) is 2. The van der Waals surface area contributed by atoms with Crippen molar-refractivity contribution in [1.29, 1.82) is 5.41 Å². The molecule has 2 atom stereocenters. The number of aromatic amines is 1. The Kier molecular flexibility index (Phi) is 7.80. The van der Waals surface area contributed by atoms with Crippen molar-refractivity contribution in [3.63, 3.8) is 0 Å². The second-order valence-electron chi connectivity index (χ2n) is 10.9. The predicted molar refractivity (Wildman–Crippen MR) is 158 cm³/mol. The fraction of sp³-hybridized carbons (Fsp3) is 0.345. The van der Waals surface area contributed by atoms with Gasteiger partial charge >= 0.3 is 11.9 Å². The Morgan fingerprint density at radius 3 is 2.51 bits per heavy atom. The van der Waals surface area contributed by atoms with Crippen LogP contribution in [0.4, 0.5) is 27.8 Å². The molecule has 3 aromatic rings. The third-order valence-corrected chi connectivity index (χ3v) is 10.0. The Hall–Kier alpha value is -3.76. The van der Waals surface area contributed by atoms with Crippen LogP contribution in [-0.4, -0.2) is 65.6 Å². The summed E-state index contributed by atoms with van der Waals surface area (Å²) < 4.78 is 82.1. The maximum atomic E-state index is 15.7. The molecule has 9 nitrogen and oxygen atoms in total. The van der Waals surface area contributed by atoms with Crippen LogP contribution in [0.15, 0.2) is 44.4 Å². The highest BCUT2D eigenvalue weighted by atomic mass is 32.2. The first kappa shape index (κ1) is 31.2. The number of piperazine rings is 1. The Morgan fingerprint density at radius 1 is 1.20 bits per heavy atom. The second-order valence-corrected chi connectivity index (χ2v) is 12.9. The molecule has 45 heavy (non-hydrogen) atoms. The number of alkyl halides is 3. The van der Waals surface area contributed by atoms with Crippen molar-refractivity contribution < 1.29 is 35.7 Å². The predicted octanol–water partition coefficient (Wildman–Crippen LogP) is 3.80. The van der Waals surface area contributed by atoms with E-state index in [4.69, 9.17) is 10.1 Å². The number of amides is 1. The van der Waals surface area contributed by atoms with E-state index in [0.29, 0.717) is 23.5 Å². The molecule has 1 saturated heterocycles. The first-order valence-corrected chi connectivity index (χ1v) is 15.5. The van der Waals surface area contributed by atoms with Crippen molar-refractivity contribution in [1.82, 2.24) is 9.88 Å². The number of benzene rings is 2. The smallest absolute Gasteiger partial charge is 0.377 e. The zero-order valence-electron chi connectivity index (χ0n) is 24.1. The maximum absolute atomic E-state index is 15.7. The van der Waals surface area contributed by atoms with Gasteiger partial charge in [-0.3, -0.25) is 10.2 Å². The molecule has 0 spiro atoms. The van der Waals surface area contributed by atoms with E-state index in [1.165, 1.54) is 17.4 Å². The van der Waals surface area contributed by atoms with Gasteiger partial charge in [-0.1, -0.05) is 6.58 Å². The van der Waals surface area contributed by atoms with Crippen LogP contribution in [-0.2, 0) is 15.7 Å². The van der Waals surface area contributed by atoms with Crippen molar-refractivity contribution in [3.05, 3.63) is 74.0 Å². The number of hydrogen-bond acceptors (Lipinski definition) is 7. The molecular weight excluding hydrogens is 639 g/mol. The molecular formula is C29H26F5N6O3S2+. The molecule has 16 heteroatoms. The number of hydrogen-bond donors (Lipinski definition) is 2. The number of methoxy groups -OCH3 is 1. The van der Waals surface area contributed by atoms with Crippen LogP contribution in [0.3, 0.4) is 0 Å². The van der Waals surface area contributed by atoms with E-state index in [0.717, 1.165) is 17.8 Å². The van der Waals surface area contributed by atoms with Crippen molar-refractivity contribution in [2.24, 2.45) is 4.99 Å². The molecule has 236 valence electrons. The van der Waals surface area contributed by atoms with Gasteiger partial charge < -0.3 is 14.5 Å². The zero-order chi connectivity index (χ0) is 32.5. The van der Waals surface area contributed by atoms with Gasteiger partial charge in [-0.25, -0.2) is 13.8 Å². The van der Waals surface area contributed by atoms with E-state index < -0.39 is 50.0 Å². The third-order valence-electron chi connectivity index (χ3n) is 7.97. The minimum atomic E-state index is -5.02. The van der Waals surface area contributed by atoms with Crippen molar-refractivity contribution in [2.45, 2.75) is 41.9 Å². The number of fused-ring (bicyclic) bond motifs is 1. The van der Waals surface area contributed by atoms with Gasteiger partial charge in [0.05, 0.1) is 31.9 Å². The van der Waals surface area contributed by atoms with Crippen LogP contribution in [0.5, 0.6) is 0 Å². The van der Waals surface area contributed by atoms with Gasteiger partial charge in [0, 0.05) is 48.8 Å². The minimum absolute atomic E-state index is 0.00909. The summed E-state index contributed by atoms with van der Waals surface area (Å²) in [5.41, 5.74) is -1.30. The van der Waals surface area contributed by atoms with Crippen LogP contribution in [0, 0.1) is 33.2 Å². The minimum Gasteiger partial charge on any atom is -0.377 e. The van der Waals surface area contributed by atoms with Crippen LogP contribution >= 0.6 is 23.5 Å². The molecule has 3 aliphatic rings. The first-order chi connectivity index (χ1) is 21.3. The van der Waals surface area contributed by atoms with Gasteiger partial charge in [-0.2, -0.15) is 27.2 Å². The number of rotatable bonds is 4. The van der Waals surface area contributed by atoms with Gasteiger partial charge in [-0.15, -0.1) is 11.8 Å². The number of halogens is 5. The van der Waals surface area contributed by atoms with Crippen molar-refractivity contribution >= 4 is 51.3 Å². The van der Waals surface area contributed by atoms with E-state index in [2.05, 4.69) is 16.6 Å². The highest BCUT2D eigenvalue weighted by molar-refractivity contribution is 8.14. The molecule has 3 aliphatic heterocycles. The lowest BCUT2D eigenvalue weighted by Crippen LogP contribution is -2.59. The lowest BCUT2D eigenvalue weighted by molar-refractivity contribution is -0.519. The number of carbonyl (C=O) groups excluding carboxylic acids is 1. The lowest BCUT2D eigenvalue weighted by atomic mass is 10.0. The lowest BCUT2D eigenvalue weighted by Gasteiger charge is -2.44. The molecule has 0 aliphatic carbocycles. The van der Waals surface area contributed by atoms with Crippen LogP contribution in [0.2, 0.25) is 0 Å². The molecule has 4 heterocycles. The van der Waals surface area contributed by atoms with Gasteiger partial charge in [-0.05, 0) is 37.8 Å². The fourth-order valence-corrected chi connectivity index (χ4v) is 8.28. The Balaban J connectivity index is 1.81. The van der Waals surface area contributed by atoms with E-state index >= 15 is 17.6 Å². The average molecular weight is 666 g/mol. The third kappa shape index (κ3) is 5.02. The highest BCUT2D eigenvalue weighted by Crippen LogP contribution is 2.41. The van der Waals surface area contributed by atoms with E-state index in [1.807, 2.05) is 0 Å². The summed E-state index contributed by atoms with van der Waals surface area (Å²) >= 11 is 1.56. The highest BCUT2D eigenvalue weighted by Gasteiger charge is 2.40. The normalized spacial score (nSPS) is 20.4. The summed E-state index contributed by atoms with van der Waals surface area (Å²) in [6.45, 7) is 7.51. The molecule has 2 aromatic carbocycles. The molecule has 0 bridgehead atoms. The summed E-state index contributed by atoms with van der Waals surface area (Å²) in [5.74, 6) is -2.46. The van der Waals surface area contributed by atoms with Gasteiger partial charge in [0.1, 0.15) is 24.0 Å². The SMILES string of the molecule is C=CC(=O)N1[C@H](C)CN(c2[nH]c(=O)[n+]3c4c(/c(=c5\c(F)cc(F)c6c5=NC(=N)S6)c(C(F)(F)F)cc24)SCC=3COC)C[C@@H]1C. The van der Waals surface area contributed by atoms with Crippen molar-refractivity contribution in [3.8, 4) is 0 Å². The number of anilines is 1. The second kappa shape index (κ2) is 11.2. The summed E-state index contributed by atoms with van der Waals surface area (Å²) in [4.78, 5) is 36.0. The van der Waals surface area contributed by atoms with Gasteiger partial charge in [0.15, 0.2) is 10.7 Å². The number of H-pyrrole nitrogens is 1. The summed E-state index contributed by atoms with van der Waals surface area (Å²) in [5, 5.41) is 5.98. The van der Waals surface area contributed by atoms with Gasteiger partial charge in [0.2, 0.25) is 11.7 Å². The molecule has 0 saturated carbocycles. The Bertz CT molecular complexity index is 2110. The number of ether oxygens (including phenoxy) is 1. The molecule has 6 rings (SSSR count). The maximum Gasteiger partial charge on any atom is 0.502 e.